The van der Waals surface area contributed by atoms with Gasteiger partial charge < -0.3 is 4.90 Å². The molecule has 0 aliphatic carbocycles. The van der Waals surface area contributed by atoms with Crippen molar-refractivity contribution in [3.8, 4) is 0 Å². The molecule has 3 aromatic rings. The zero-order valence-electron chi connectivity index (χ0n) is 12.7. The van der Waals surface area contributed by atoms with Gasteiger partial charge in [-0.1, -0.05) is 0 Å². The maximum absolute atomic E-state index is 12.6. The number of rotatable bonds is 2. The quantitative estimate of drug-likeness (QED) is 0.728. The molecule has 0 bridgehead atoms. The maximum Gasteiger partial charge on any atom is 0.258 e. The van der Waals surface area contributed by atoms with Crippen LogP contribution in [0.15, 0.2) is 42.7 Å². The topological polar surface area (TPSA) is 59.0 Å². The Morgan fingerprint density at radius 1 is 1.05 bits per heavy atom. The number of carbonyl (C=O) groups excluding carboxylic acids is 1. The second-order valence-corrected chi connectivity index (χ2v) is 5.17. The first-order valence-corrected chi connectivity index (χ1v) is 6.99. The smallest absolute Gasteiger partial charge is 0.258 e. The third kappa shape index (κ3) is 2.53. The van der Waals surface area contributed by atoms with Gasteiger partial charge in [-0.3, -0.25) is 9.78 Å². The highest BCUT2D eigenvalue weighted by Crippen LogP contribution is 2.18. The van der Waals surface area contributed by atoms with E-state index in [9.17, 15) is 4.79 Å². The van der Waals surface area contributed by atoms with Crippen molar-refractivity contribution in [3.63, 3.8) is 0 Å². The Kier molecular flexibility index (Phi) is 3.55. The molecule has 0 spiro atoms. The first-order chi connectivity index (χ1) is 10.6. The van der Waals surface area contributed by atoms with E-state index in [1.165, 1.54) is 0 Å². The first kappa shape index (κ1) is 14.1. The Bertz CT molecular complexity index is 846. The number of pyridine rings is 1. The fourth-order valence-corrected chi connectivity index (χ4v) is 2.23. The van der Waals surface area contributed by atoms with Gasteiger partial charge in [0.15, 0.2) is 0 Å². The number of nitrogens with zero attached hydrogens (tertiary/aromatic N) is 4. The predicted octanol–water partition coefficient (Wildman–Crippen LogP) is 2.92. The SMILES string of the molecule is Cc1nc2ccc(C(=O)N(C)c3cccnc3)cc2nc1C. The van der Waals surface area contributed by atoms with Gasteiger partial charge in [-0.05, 0) is 44.2 Å². The van der Waals surface area contributed by atoms with Crippen LogP contribution in [-0.4, -0.2) is 27.9 Å². The molecule has 5 heteroatoms. The van der Waals surface area contributed by atoms with Crippen LogP contribution in [0, 0.1) is 13.8 Å². The summed E-state index contributed by atoms with van der Waals surface area (Å²) in [6.07, 6.45) is 3.34. The number of carbonyl (C=O) groups is 1. The molecule has 5 nitrogen and oxygen atoms in total. The summed E-state index contributed by atoms with van der Waals surface area (Å²) in [7, 11) is 1.73. The molecule has 0 atom stereocenters. The molecule has 0 unspecified atom stereocenters. The Morgan fingerprint density at radius 3 is 2.45 bits per heavy atom. The number of amides is 1. The molecule has 0 radical (unpaired) electrons. The second-order valence-electron chi connectivity index (χ2n) is 5.17. The van der Waals surface area contributed by atoms with Crippen molar-refractivity contribution in [2.75, 3.05) is 11.9 Å². The second kappa shape index (κ2) is 5.52. The van der Waals surface area contributed by atoms with Crippen LogP contribution in [0.3, 0.4) is 0 Å². The van der Waals surface area contributed by atoms with Crippen molar-refractivity contribution in [1.82, 2.24) is 15.0 Å². The van der Waals surface area contributed by atoms with E-state index < -0.39 is 0 Å². The summed E-state index contributed by atoms with van der Waals surface area (Å²) in [5.41, 5.74) is 4.63. The summed E-state index contributed by atoms with van der Waals surface area (Å²) < 4.78 is 0. The van der Waals surface area contributed by atoms with Crippen molar-refractivity contribution >= 4 is 22.6 Å². The molecular weight excluding hydrogens is 276 g/mol. The van der Waals surface area contributed by atoms with Gasteiger partial charge in [0.1, 0.15) is 0 Å². The Balaban J connectivity index is 1.99. The summed E-state index contributed by atoms with van der Waals surface area (Å²) in [4.78, 5) is 27.2. The van der Waals surface area contributed by atoms with Crippen LogP contribution in [0.4, 0.5) is 5.69 Å². The van der Waals surface area contributed by atoms with Gasteiger partial charge in [0.05, 0.1) is 34.3 Å². The Hall–Kier alpha value is -2.82. The number of anilines is 1. The molecule has 1 amide bonds. The maximum atomic E-state index is 12.6. The Labute approximate surface area is 128 Å². The molecule has 1 aromatic carbocycles. The molecule has 110 valence electrons. The van der Waals surface area contributed by atoms with Crippen molar-refractivity contribution in [2.24, 2.45) is 0 Å². The van der Waals surface area contributed by atoms with E-state index in [4.69, 9.17) is 0 Å². The predicted molar refractivity (Wildman–Crippen MR) is 86.0 cm³/mol. The van der Waals surface area contributed by atoms with Crippen LogP contribution in [-0.2, 0) is 0 Å². The zero-order valence-corrected chi connectivity index (χ0v) is 12.7. The average molecular weight is 292 g/mol. The monoisotopic (exact) mass is 292 g/mol. The molecule has 0 saturated heterocycles. The summed E-state index contributed by atoms with van der Waals surface area (Å²) in [6.45, 7) is 3.84. The van der Waals surface area contributed by atoms with Crippen LogP contribution in [0.25, 0.3) is 11.0 Å². The van der Waals surface area contributed by atoms with Gasteiger partial charge in [0, 0.05) is 18.8 Å². The highest BCUT2D eigenvalue weighted by Gasteiger charge is 2.14. The summed E-state index contributed by atoms with van der Waals surface area (Å²) in [5, 5.41) is 0. The third-order valence-electron chi connectivity index (χ3n) is 3.66. The van der Waals surface area contributed by atoms with Crippen molar-refractivity contribution in [1.29, 1.82) is 0 Å². The van der Waals surface area contributed by atoms with E-state index in [2.05, 4.69) is 15.0 Å². The van der Waals surface area contributed by atoms with E-state index in [0.29, 0.717) is 5.56 Å². The summed E-state index contributed by atoms with van der Waals surface area (Å²) >= 11 is 0. The number of aromatic nitrogens is 3. The minimum atomic E-state index is -0.102. The molecule has 0 aliphatic rings. The van der Waals surface area contributed by atoms with Crippen LogP contribution in [0.1, 0.15) is 21.7 Å². The molecule has 0 fully saturated rings. The standard InChI is InChI=1S/C17H16N4O/c1-11-12(2)20-16-9-13(6-7-15(16)19-11)17(22)21(3)14-5-4-8-18-10-14/h4-10H,1-3H3. The van der Waals surface area contributed by atoms with Crippen LogP contribution >= 0.6 is 0 Å². The summed E-state index contributed by atoms with van der Waals surface area (Å²) in [5.74, 6) is -0.102. The fraction of sp³-hybridized carbons (Fsp3) is 0.176. The van der Waals surface area contributed by atoms with Crippen molar-refractivity contribution in [2.45, 2.75) is 13.8 Å². The molecule has 22 heavy (non-hydrogen) atoms. The average Bonchev–Trinajstić information content (AvgIpc) is 2.55. The van der Waals surface area contributed by atoms with E-state index in [1.54, 1.807) is 42.5 Å². The minimum Gasteiger partial charge on any atom is -0.310 e. The van der Waals surface area contributed by atoms with Gasteiger partial charge >= 0.3 is 0 Å². The van der Waals surface area contributed by atoms with Crippen LogP contribution < -0.4 is 4.90 Å². The van der Waals surface area contributed by atoms with Crippen molar-refractivity contribution < 1.29 is 4.79 Å². The normalized spacial score (nSPS) is 10.7. The van der Waals surface area contributed by atoms with Gasteiger partial charge in [0.2, 0.25) is 0 Å². The van der Waals surface area contributed by atoms with E-state index in [0.717, 1.165) is 28.1 Å². The third-order valence-corrected chi connectivity index (χ3v) is 3.66. The molecular formula is C17H16N4O. The highest BCUT2D eigenvalue weighted by molar-refractivity contribution is 6.07. The molecule has 0 N–H and O–H groups in total. The van der Waals surface area contributed by atoms with Crippen molar-refractivity contribution in [3.05, 3.63) is 59.7 Å². The van der Waals surface area contributed by atoms with Crippen LogP contribution in [0.5, 0.6) is 0 Å². The summed E-state index contributed by atoms with van der Waals surface area (Å²) in [6, 6.07) is 9.04. The van der Waals surface area contributed by atoms with Gasteiger partial charge in [0.25, 0.3) is 5.91 Å². The van der Waals surface area contributed by atoms with Crippen LogP contribution in [0.2, 0.25) is 0 Å². The molecule has 2 aromatic heterocycles. The molecule has 0 aliphatic heterocycles. The lowest BCUT2D eigenvalue weighted by Gasteiger charge is -2.17. The lowest BCUT2D eigenvalue weighted by atomic mass is 10.1. The minimum absolute atomic E-state index is 0.102. The van der Waals surface area contributed by atoms with Gasteiger partial charge in [-0.25, -0.2) is 9.97 Å². The number of aryl methyl sites for hydroxylation is 2. The largest absolute Gasteiger partial charge is 0.310 e. The van der Waals surface area contributed by atoms with E-state index in [-0.39, 0.29) is 5.91 Å². The lowest BCUT2D eigenvalue weighted by molar-refractivity contribution is 0.0993. The zero-order chi connectivity index (χ0) is 15.7. The highest BCUT2D eigenvalue weighted by atomic mass is 16.2. The number of hydrogen-bond acceptors (Lipinski definition) is 4. The van der Waals surface area contributed by atoms with Gasteiger partial charge in [-0.15, -0.1) is 0 Å². The fourth-order valence-electron chi connectivity index (χ4n) is 2.23. The van der Waals surface area contributed by atoms with E-state index >= 15 is 0 Å². The van der Waals surface area contributed by atoms with E-state index in [1.807, 2.05) is 26.0 Å². The first-order valence-electron chi connectivity index (χ1n) is 6.99. The molecule has 3 rings (SSSR count). The Morgan fingerprint density at radius 2 is 1.77 bits per heavy atom. The number of benzene rings is 1. The number of fused-ring (bicyclic) bond motifs is 1. The molecule has 2 heterocycles. The number of hydrogen-bond donors (Lipinski definition) is 0. The molecule has 0 saturated carbocycles. The lowest BCUT2D eigenvalue weighted by Crippen LogP contribution is -2.26. The van der Waals surface area contributed by atoms with Gasteiger partial charge in [-0.2, -0.15) is 0 Å².